The second kappa shape index (κ2) is 3.88. The lowest BCUT2D eigenvalue weighted by Crippen LogP contribution is -2.10. The first-order valence-corrected chi connectivity index (χ1v) is 4.43. The summed E-state index contributed by atoms with van der Waals surface area (Å²) in [6, 6.07) is 7.13. The van der Waals surface area contributed by atoms with E-state index in [9.17, 15) is 4.79 Å². The van der Waals surface area contributed by atoms with Gasteiger partial charge < -0.3 is 5.73 Å². The van der Waals surface area contributed by atoms with Crippen LogP contribution >= 0.6 is 0 Å². The molecule has 2 aromatic heterocycles. The van der Waals surface area contributed by atoms with Crippen LogP contribution in [-0.2, 0) is 0 Å². The average Bonchev–Trinajstić information content (AvgIpc) is 2.30. The maximum absolute atomic E-state index is 10.8. The largest absolute Gasteiger partial charge is 0.366 e. The minimum atomic E-state index is -0.472. The summed E-state index contributed by atoms with van der Waals surface area (Å²) < 4.78 is 0. The summed E-state index contributed by atoms with van der Waals surface area (Å²) in [7, 11) is 0. The van der Waals surface area contributed by atoms with Crippen molar-refractivity contribution >= 4 is 5.91 Å². The van der Waals surface area contributed by atoms with Crippen molar-refractivity contribution in [2.45, 2.75) is 0 Å². The topological polar surface area (TPSA) is 68.9 Å². The van der Waals surface area contributed by atoms with Crippen molar-refractivity contribution in [3.05, 3.63) is 48.4 Å². The Balaban J connectivity index is 2.36. The molecule has 4 heteroatoms. The molecule has 2 rings (SSSR count). The van der Waals surface area contributed by atoms with Gasteiger partial charge >= 0.3 is 0 Å². The molecule has 0 unspecified atom stereocenters. The molecule has 1 amide bonds. The second-order valence-electron chi connectivity index (χ2n) is 3.04. The summed E-state index contributed by atoms with van der Waals surface area (Å²) in [4.78, 5) is 18.9. The molecule has 0 saturated carbocycles. The summed E-state index contributed by atoms with van der Waals surface area (Å²) >= 11 is 0. The third-order valence-electron chi connectivity index (χ3n) is 2.01. The van der Waals surface area contributed by atoms with E-state index >= 15 is 0 Å². The van der Waals surface area contributed by atoms with Crippen molar-refractivity contribution in [1.82, 2.24) is 9.97 Å². The summed E-state index contributed by atoms with van der Waals surface area (Å²) in [6.45, 7) is 0. The molecule has 2 heterocycles. The van der Waals surface area contributed by atoms with Gasteiger partial charge in [0.25, 0.3) is 0 Å². The van der Waals surface area contributed by atoms with Crippen molar-refractivity contribution in [3.63, 3.8) is 0 Å². The number of aromatic nitrogens is 2. The van der Waals surface area contributed by atoms with Crippen LogP contribution in [0.3, 0.4) is 0 Å². The smallest absolute Gasteiger partial charge is 0.250 e. The van der Waals surface area contributed by atoms with Crippen molar-refractivity contribution in [1.29, 1.82) is 0 Å². The first-order chi connectivity index (χ1) is 7.27. The predicted molar refractivity (Wildman–Crippen MR) is 56.0 cm³/mol. The van der Waals surface area contributed by atoms with Gasteiger partial charge in [0.15, 0.2) is 0 Å². The van der Waals surface area contributed by atoms with Gasteiger partial charge in [0, 0.05) is 24.2 Å². The maximum Gasteiger partial charge on any atom is 0.250 e. The average molecular weight is 199 g/mol. The molecule has 0 radical (unpaired) electrons. The SMILES string of the molecule is NC(=O)c1ccc(-c2cccnc2)nc1. The van der Waals surface area contributed by atoms with Crippen LogP contribution in [-0.4, -0.2) is 15.9 Å². The Hall–Kier alpha value is -2.23. The number of pyridine rings is 2. The molecule has 15 heavy (non-hydrogen) atoms. The first-order valence-electron chi connectivity index (χ1n) is 4.43. The lowest BCUT2D eigenvalue weighted by Gasteiger charge is -2.00. The number of nitrogens with zero attached hydrogens (tertiary/aromatic N) is 2. The number of carbonyl (C=O) groups excluding carboxylic acids is 1. The van der Waals surface area contributed by atoms with E-state index in [1.807, 2.05) is 12.1 Å². The third kappa shape index (κ3) is 1.99. The van der Waals surface area contributed by atoms with Crippen LogP contribution in [0.2, 0.25) is 0 Å². The molecule has 0 fully saturated rings. The van der Waals surface area contributed by atoms with Gasteiger partial charge in [-0.15, -0.1) is 0 Å². The van der Waals surface area contributed by atoms with E-state index in [2.05, 4.69) is 9.97 Å². The Labute approximate surface area is 86.8 Å². The number of hydrogen-bond acceptors (Lipinski definition) is 3. The zero-order valence-electron chi connectivity index (χ0n) is 7.92. The van der Waals surface area contributed by atoms with Crippen molar-refractivity contribution in [3.8, 4) is 11.3 Å². The van der Waals surface area contributed by atoms with E-state index in [1.165, 1.54) is 6.20 Å². The Bertz CT molecular complexity index is 465. The lowest BCUT2D eigenvalue weighted by atomic mass is 10.1. The van der Waals surface area contributed by atoms with E-state index < -0.39 is 5.91 Å². The van der Waals surface area contributed by atoms with Crippen LogP contribution in [0.1, 0.15) is 10.4 Å². The molecular formula is C11H9N3O. The summed E-state index contributed by atoms with van der Waals surface area (Å²) in [5.74, 6) is -0.472. The van der Waals surface area contributed by atoms with Crippen molar-refractivity contribution in [2.75, 3.05) is 0 Å². The number of carbonyl (C=O) groups is 1. The zero-order valence-corrected chi connectivity index (χ0v) is 7.92. The van der Waals surface area contributed by atoms with Crippen LogP contribution in [0.4, 0.5) is 0 Å². The number of amides is 1. The van der Waals surface area contributed by atoms with Crippen LogP contribution < -0.4 is 5.73 Å². The van der Waals surface area contributed by atoms with Crippen molar-refractivity contribution < 1.29 is 4.79 Å². The molecule has 2 N–H and O–H groups in total. The Kier molecular flexibility index (Phi) is 2.41. The Morgan fingerprint density at radius 2 is 2.07 bits per heavy atom. The quantitative estimate of drug-likeness (QED) is 0.791. The molecule has 0 aliphatic carbocycles. The van der Waals surface area contributed by atoms with Gasteiger partial charge in [0.1, 0.15) is 0 Å². The highest BCUT2D eigenvalue weighted by molar-refractivity contribution is 5.92. The predicted octanol–water partition coefficient (Wildman–Crippen LogP) is 1.24. The molecule has 0 saturated heterocycles. The van der Waals surface area contributed by atoms with E-state index in [-0.39, 0.29) is 0 Å². The molecule has 0 bridgehead atoms. The highest BCUT2D eigenvalue weighted by Gasteiger charge is 2.02. The second-order valence-corrected chi connectivity index (χ2v) is 3.04. The van der Waals surface area contributed by atoms with Gasteiger partial charge in [-0.1, -0.05) is 0 Å². The number of rotatable bonds is 2. The summed E-state index contributed by atoms with van der Waals surface area (Å²) in [5, 5.41) is 0. The molecule has 4 nitrogen and oxygen atoms in total. The van der Waals surface area contributed by atoms with E-state index in [0.29, 0.717) is 5.56 Å². The Morgan fingerprint density at radius 1 is 1.20 bits per heavy atom. The number of nitrogens with two attached hydrogens (primary N) is 1. The van der Waals surface area contributed by atoms with E-state index in [0.717, 1.165) is 11.3 Å². The van der Waals surface area contributed by atoms with E-state index in [4.69, 9.17) is 5.73 Å². The van der Waals surface area contributed by atoms with Gasteiger partial charge in [-0.2, -0.15) is 0 Å². The van der Waals surface area contributed by atoms with Gasteiger partial charge in [0.05, 0.1) is 11.3 Å². The van der Waals surface area contributed by atoms with Gasteiger partial charge in [-0.25, -0.2) is 0 Å². The molecule has 74 valence electrons. The van der Waals surface area contributed by atoms with Gasteiger partial charge in [-0.3, -0.25) is 14.8 Å². The maximum atomic E-state index is 10.8. The fourth-order valence-corrected chi connectivity index (χ4v) is 1.22. The van der Waals surface area contributed by atoms with Gasteiger partial charge in [0.2, 0.25) is 5.91 Å². The highest BCUT2D eigenvalue weighted by atomic mass is 16.1. The van der Waals surface area contributed by atoms with E-state index in [1.54, 1.807) is 24.5 Å². The lowest BCUT2D eigenvalue weighted by molar-refractivity contribution is 0.1000. The van der Waals surface area contributed by atoms with Gasteiger partial charge in [-0.05, 0) is 24.3 Å². The molecule has 0 spiro atoms. The van der Waals surface area contributed by atoms with Crippen LogP contribution in [0.15, 0.2) is 42.9 Å². The molecule has 0 atom stereocenters. The van der Waals surface area contributed by atoms with Crippen molar-refractivity contribution in [2.24, 2.45) is 5.73 Å². The molecular weight excluding hydrogens is 190 g/mol. The highest BCUT2D eigenvalue weighted by Crippen LogP contribution is 2.14. The molecule has 0 aromatic carbocycles. The monoisotopic (exact) mass is 199 g/mol. The fourth-order valence-electron chi connectivity index (χ4n) is 1.22. The first kappa shape index (κ1) is 9.33. The summed E-state index contributed by atoms with van der Waals surface area (Å²) in [6.07, 6.45) is 4.87. The number of hydrogen-bond donors (Lipinski definition) is 1. The minimum Gasteiger partial charge on any atom is -0.366 e. The minimum absolute atomic E-state index is 0.405. The molecule has 0 aliphatic rings. The third-order valence-corrected chi connectivity index (χ3v) is 2.01. The number of primary amides is 1. The fraction of sp³-hybridized carbons (Fsp3) is 0. The normalized spacial score (nSPS) is 9.87. The van der Waals surface area contributed by atoms with Crippen LogP contribution in [0.25, 0.3) is 11.3 Å². The molecule has 2 aromatic rings. The summed E-state index contributed by atoms with van der Waals surface area (Å²) in [5.41, 5.74) is 7.20. The Morgan fingerprint density at radius 3 is 2.60 bits per heavy atom. The zero-order chi connectivity index (χ0) is 10.7. The van der Waals surface area contributed by atoms with Crippen LogP contribution in [0.5, 0.6) is 0 Å². The molecule has 0 aliphatic heterocycles. The standard InChI is InChI=1S/C11H9N3O/c12-11(15)9-3-4-10(14-7-9)8-2-1-5-13-6-8/h1-7H,(H2,12,15). The van der Waals surface area contributed by atoms with Crippen LogP contribution in [0, 0.1) is 0 Å².